The molecule has 0 aliphatic rings. The van der Waals surface area contributed by atoms with Gasteiger partial charge in [0.05, 0.1) is 6.42 Å². The Balaban J connectivity index is 1.62. The first-order valence-corrected chi connectivity index (χ1v) is 13.1. The largest absolute Gasteiger partial charge is 0.481 e. The Hall–Kier alpha value is -4.78. The van der Waals surface area contributed by atoms with Gasteiger partial charge < -0.3 is 15.3 Å². The summed E-state index contributed by atoms with van der Waals surface area (Å²) in [6, 6.07) is 29.7. The highest BCUT2D eigenvalue weighted by Gasteiger charge is 2.24. The van der Waals surface area contributed by atoms with Crippen molar-refractivity contribution >= 4 is 17.8 Å². The van der Waals surface area contributed by atoms with Gasteiger partial charge in [0.25, 0.3) is 11.8 Å². The molecule has 0 bridgehead atoms. The van der Waals surface area contributed by atoms with Crippen molar-refractivity contribution in [3.05, 3.63) is 131 Å². The Morgan fingerprint density at radius 3 is 2.02 bits per heavy atom. The van der Waals surface area contributed by atoms with E-state index < -0.39 is 5.97 Å². The van der Waals surface area contributed by atoms with Crippen LogP contribution in [-0.4, -0.2) is 40.9 Å². The van der Waals surface area contributed by atoms with Crippen LogP contribution in [0.5, 0.6) is 0 Å². The number of hydrogen-bond donors (Lipinski definition) is 2. The van der Waals surface area contributed by atoms with Crippen molar-refractivity contribution in [3.8, 4) is 11.1 Å². The smallest absolute Gasteiger partial charge is 0.305 e. The maximum absolute atomic E-state index is 13.9. The van der Waals surface area contributed by atoms with Crippen molar-refractivity contribution in [3.63, 3.8) is 0 Å². The number of nitrogens with zero attached hydrogens (tertiary/aromatic N) is 1. The van der Waals surface area contributed by atoms with E-state index in [9.17, 15) is 23.9 Å². The number of nitrogens with one attached hydrogen (secondary N) is 1. The Bertz CT molecular complexity index is 1470. The maximum atomic E-state index is 13.9. The summed E-state index contributed by atoms with van der Waals surface area (Å²) in [5, 5.41) is 12.2. The molecule has 204 valence electrons. The third kappa shape index (κ3) is 7.20. The Morgan fingerprint density at radius 2 is 1.38 bits per heavy atom. The van der Waals surface area contributed by atoms with Crippen molar-refractivity contribution in [1.29, 1.82) is 0 Å². The van der Waals surface area contributed by atoms with Crippen molar-refractivity contribution in [2.45, 2.75) is 25.8 Å². The molecule has 4 aromatic rings. The van der Waals surface area contributed by atoms with E-state index in [1.54, 1.807) is 65.6 Å². The molecule has 40 heavy (non-hydrogen) atoms. The lowest BCUT2D eigenvalue weighted by atomic mass is 9.93. The van der Waals surface area contributed by atoms with Crippen LogP contribution in [0, 0.1) is 5.82 Å². The molecule has 1 unspecified atom stereocenters. The van der Waals surface area contributed by atoms with Crippen molar-refractivity contribution in [2.24, 2.45) is 0 Å². The summed E-state index contributed by atoms with van der Waals surface area (Å²) in [6.07, 6.45) is -0.183. The van der Waals surface area contributed by atoms with E-state index in [1.807, 2.05) is 37.3 Å². The molecule has 0 aliphatic carbocycles. The molecule has 4 rings (SSSR count). The summed E-state index contributed by atoms with van der Waals surface area (Å²) in [5.74, 6) is -1.99. The number of hydrogen-bond acceptors (Lipinski definition) is 3. The third-order valence-electron chi connectivity index (χ3n) is 6.73. The van der Waals surface area contributed by atoms with Crippen LogP contribution in [0.3, 0.4) is 0 Å². The van der Waals surface area contributed by atoms with Crippen molar-refractivity contribution < 1.29 is 23.9 Å². The number of benzene rings is 4. The molecular weight excluding hydrogens is 507 g/mol. The number of amides is 2. The van der Waals surface area contributed by atoms with E-state index in [4.69, 9.17) is 0 Å². The number of carboxylic acid groups (broad SMARTS) is 1. The van der Waals surface area contributed by atoms with E-state index in [1.165, 1.54) is 12.1 Å². The van der Waals surface area contributed by atoms with Crippen LogP contribution in [0.25, 0.3) is 11.1 Å². The zero-order valence-corrected chi connectivity index (χ0v) is 22.2. The lowest BCUT2D eigenvalue weighted by Gasteiger charge is -2.27. The minimum absolute atomic E-state index is 0.0179. The first-order chi connectivity index (χ1) is 19.3. The fourth-order valence-electron chi connectivity index (χ4n) is 4.59. The number of halogens is 1. The molecule has 0 fully saturated rings. The molecule has 6 nitrogen and oxygen atoms in total. The SMILES string of the molecule is CC(CN(CCC(=O)O)C(=O)c1ccccc1-c1ccccc1C(=O)NCc1ccc(F)cc1)c1ccccc1. The lowest BCUT2D eigenvalue weighted by molar-refractivity contribution is -0.137. The van der Waals surface area contributed by atoms with Crippen molar-refractivity contribution in [2.75, 3.05) is 13.1 Å². The average molecular weight is 539 g/mol. The zero-order chi connectivity index (χ0) is 28.5. The highest BCUT2D eigenvalue weighted by molar-refractivity contribution is 6.06. The minimum Gasteiger partial charge on any atom is -0.481 e. The van der Waals surface area contributed by atoms with Gasteiger partial charge in [0, 0.05) is 30.8 Å². The number of aliphatic carboxylic acids is 1. The predicted molar refractivity (Wildman–Crippen MR) is 152 cm³/mol. The predicted octanol–water partition coefficient (Wildman–Crippen LogP) is 6.14. The van der Waals surface area contributed by atoms with E-state index in [2.05, 4.69) is 5.32 Å². The van der Waals surface area contributed by atoms with Crippen LogP contribution in [0.2, 0.25) is 0 Å². The number of carbonyl (C=O) groups excluding carboxylic acids is 2. The molecule has 0 heterocycles. The molecule has 0 aromatic heterocycles. The second-order valence-corrected chi connectivity index (χ2v) is 9.61. The third-order valence-corrected chi connectivity index (χ3v) is 6.73. The second-order valence-electron chi connectivity index (χ2n) is 9.61. The van der Waals surface area contributed by atoms with E-state index in [0.29, 0.717) is 28.8 Å². The summed E-state index contributed by atoms with van der Waals surface area (Å²) in [6.45, 7) is 2.61. The average Bonchev–Trinajstić information content (AvgIpc) is 2.98. The summed E-state index contributed by atoms with van der Waals surface area (Å²) in [4.78, 5) is 40.1. The Kier molecular flexibility index (Phi) is 9.41. The first kappa shape index (κ1) is 28.2. The highest BCUT2D eigenvalue weighted by atomic mass is 19.1. The van der Waals surface area contributed by atoms with Gasteiger partial charge in [-0.1, -0.05) is 85.8 Å². The molecule has 4 aromatic carbocycles. The van der Waals surface area contributed by atoms with Gasteiger partial charge in [0.2, 0.25) is 0 Å². The van der Waals surface area contributed by atoms with Gasteiger partial charge >= 0.3 is 5.97 Å². The molecule has 2 amide bonds. The van der Waals surface area contributed by atoms with E-state index in [0.717, 1.165) is 11.1 Å². The molecule has 1 atom stereocenters. The van der Waals surface area contributed by atoms with E-state index >= 15 is 0 Å². The molecular formula is C33H31FN2O4. The summed E-state index contributed by atoms with van der Waals surface area (Å²) >= 11 is 0. The molecule has 2 N–H and O–H groups in total. The highest BCUT2D eigenvalue weighted by Crippen LogP contribution is 2.29. The summed E-state index contributed by atoms with van der Waals surface area (Å²) < 4.78 is 13.2. The van der Waals surface area contributed by atoms with Crippen LogP contribution in [0.15, 0.2) is 103 Å². The number of carbonyl (C=O) groups is 3. The topological polar surface area (TPSA) is 86.7 Å². The van der Waals surface area contributed by atoms with Gasteiger partial charge in [-0.2, -0.15) is 0 Å². The fraction of sp³-hybridized carbons (Fsp3) is 0.182. The monoisotopic (exact) mass is 538 g/mol. The van der Waals surface area contributed by atoms with Crippen LogP contribution < -0.4 is 5.32 Å². The van der Waals surface area contributed by atoms with Gasteiger partial charge in [-0.05, 0) is 52.4 Å². The molecule has 0 saturated carbocycles. The van der Waals surface area contributed by atoms with Crippen LogP contribution in [0.1, 0.15) is 51.1 Å². The van der Waals surface area contributed by atoms with E-state index in [-0.39, 0.29) is 43.1 Å². The maximum Gasteiger partial charge on any atom is 0.305 e. The molecule has 0 spiro atoms. The quantitative estimate of drug-likeness (QED) is 0.240. The van der Waals surface area contributed by atoms with Gasteiger partial charge in [-0.25, -0.2) is 4.39 Å². The van der Waals surface area contributed by atoms with Crippen molar-refractivity contribution in [1.82, 2.24) is 10.2 Å². The first-order valence-electron chi connectivity index (χ1n) is 13.1. The number of carboxylic acids is 1. The van der Waals surface area contributed by atoms with Gasteiger partial charge in [-0.15, -0.1) is 0 Å². The molecule has 0 radical (unpaired) electrons. The second kappa shape index (κ2) is 13.3. The minimum atomic E-state index is -0.985. The lowest BCUT2D eigenvalue weighted by Crippen LogP contribution is -2.36. The van der Waals surface area contributed by atoms with Gasteiger partial charge in [0.15, 0.2) is 0 Å². The van der Waals surface area contributed by atoms with Crippen LogP contribution in [0.4, 0.5) is 4.39 Å². The summed E-state index contributed by atoms with van der Waals surface area (Å²) in [5.41, 5.74) is 3.73. The van der Waals surface area contributed by atoms with Crippen LogP contribution >= 0.6 is 0 Å². The zero-order valence-electron chi connectivity index (χ0n) is 22.2. The van der Waals surface area contributed by atoms with Gasteiger partial charge in [-0.3, -0.25) is 14.4 Å². The Labute approximate surface area is 233 Å². The molecule has 0 saturated heterocycles. The number of rotatable bonds is 11. The summed E-state index contributed by atoms with van der Waals surface area (Å²) in [7, 11) is 0. The molecule has 7 heteroatoms. The van der Waals surface area contributed by atoms with Crippen LogP contribution in [-0.2, 0) is 11.3 Å². The molecule has 0 aliphatic heterocycles. The standard InChI is InChI=1S/C33H31FN2O4/c1-23(25-9-3-2-4-10-25)22-36(20-19-31(37)38)33(40)30-14-8-6-12-28(30)27-11-5-7-13-29(27)32(39)35-21-24-15-17-26(34)18-16-24/h2-18,23H,19-22H2,1H3,(H,35,39)(H,37,38). The fourth-order valence-corrected chi connectivity index (χ4v) is 4.59. The normalized spacial score (nSPS) is 11.4. The van der Waals surface area contributed by atoms with Gasteiger partial charge in [0.1, 0.15) is 5.82 Å². The Morgan fingerprint density at radius 1 is 0.800 bits per heavy atom.